The number of carbonyl (C=O) groups is 4. The van der Waals surface area contributed by atoms with E-state index in [-0.39, 0.29) is 29.6 Å². The van der Waals surface area contributed by atoms with Gasteiger partial charge in [0.05, 0.1) is 7.11 Å². The largest absolute Gasteiger partial charge is 0.497 e. The number of ether oxygens (including phenoxy) is 3. The van der Waals surface area contributed by atoms with E-state index in [1.807, 2.05) is 91.0 Å². The Balaban J connectivity index is 1.15. The predicted octanol–water partition coefficient (Wildman–Crippen LogP) is 7.25. The number of hydrogen-bond acceptors (Lipinski definition) is 13. The number of amides is 2. The first kappa shape index (κ1) is 43.9. The van der Waals surface area contributed by atoms with E-state index in [4.69, 9.17) is 35.6 Å². The molecule has 16 heteroatoms. The van der Waals surface area contributed by atoms with Gasteiger partial charge >= 0.3 is 11.9 Å². The molecule has 0 unspecified atom stereocenters. The Morgan fingerprint density at radius 3 is 2.03 bits per heavy atom. The third-order valence-electron chi connectivity index (χ3n) is 9.85. The van der Waals surface area contributed by atoms with Crippen LogP contribution >= 0.6 is 34.7 Å². The van der Waals surface area contributed by atoms with Crippen molar-refractivity contribution in [3.63, 3.8) is 0 Å². The molecule has 0 radical (unpaired) electrons. The summed E-state index contributed by atoms with van der Waals surface area (Å²) in [5, 5.41) is 12.0. The summed E-state index contributed by atoms with van der Waals surface area (Å²) < 4.78 is 16.2. The summed E-state index contributed by atoms with van der Waals surface area (Å²) in [6, 6.07) is 35.9. The van der Waals surface area contributed by atoms with Crippen molar-refractivity contribution in [3.05, 3.63) is 160 Å². The zero-order chi connectivity index (χ0) is 43.9. The van der Waals surface area contributed by atoms with Crippen molar-refractivity contribution in [3.8, 4) is 5.75 Å². The molecule has 2 atom stereocenters. The first-order valence-electron chi connectivity index (χ1n) is 19.6. The molecular formula is C46H44ClN5O8S2. The highest BCUT2D eigenvalue weighted by Gasteiger charge is 2.54. The molecule has 1 aromatic heterocycles. The summed E-state index contributed by atoms with van der Waals surface area (Å²) in [7, 11) is 1.56. The van der Waals surface area contributed by atoms with E-state index >= 15 is 0 Å². The Morgan fingerprint density at radius 2 is 1.48 bits per heavy atom. The first-order valence-corrected chi connectivity index (χ1v) is 22.0. The van der Waals surface area contributed by atoms with Gasteiger partial charge < -0.3 is 29.7 Å². The van der Waals surface area contributed by atoms with Crippen LogP contribution in [-0.2, 0) is 45.6 Å². The van der Waals surface area contributed by atoms with Gasteiger partial charge in [-0.3, -0.25) is 14.5 Å². The van der Waals surface area contributed by atoms with Gasteiger partial charge in [-0.2, -0.15) is 0 Å². The number of fused-ring (bicyclic) bond motifs is 1. The van der Waals surface area contributed by atoms with Gasteiger partial charge in [-0.05, 0) is 60.7 Å². The Hall–Kier alpha value is -6.16. The number of nitrogens with zero attached hydrogens (tertiary/aromatic N) is 3. The maximum atomic E-state index is 14.3. The van der Waals surface area contributed by atoms with Crippen molar-refractivity contribution >= 4 is 69.3 Å². The molecule has 7 rings (SSSR count). The zero-order valence-corrected chi connectivity index (χ0v) is 36.7. The molecule has 0 saturated carbocycles. The van der Waals surface area contributed by atoms with E-state index in [1.165, 1.54) is 28.0 Å². The van der Waals surface area contributed by atoms with Gasteiger partial charge in [-0.15, -0.1) is 34.7 Å². The molecule has 1 fully saturated rings. The summed E-state index contributed by atoms with van der Waals surface area (Å²) in [6.07, 6.45) is 0. The molecule has 3 heterocycles. The van der Waals surface area contributed by atoms with Crippen molar-refractivity contribution in [1.82, 2.24) is 15.2 Å². The highest BCUT2D eigenvalue weighted by atomic mass is 35.5. The van der Waals surface area contributed by atoms with E-state index in [1.54, 1.807) is 57.5 Å². The molecule has 0 bridgehead atoms. The number of thiazole rings is 1. The van der Waals surface area contributed by atoms with E-state index in [9.17, 15) is 19.2 Å². The smallest absolute Gasteiger partial charge is 0.355 e. The Labute approximate surface area is 372 Å². The van der Waals surface area contributed by atoms with E-state index in [0.717, 1.165) is 22.3 Å². The Kier molecular flexibility index (Phi) is 13.6. The molecular weight excluding hydrogens is 850 g/mol. The lowest BCUT2D eigenvalue weighted by Crippen LogP contribution is -2.71. The highest BCUT2D eigenvalue weighted by molar-refractivity contribution is 8.00. The lowest BCUT2D eigenvalue weighted by atomic mass is 9.77. The van der Waals surface area contributed by atoms with Crippen LogP contribution in [0.15, 0.2) is 137 Å². The van der Waals surface area contributed by atoms with Crippen LogP contribution in [0.5, 0.6) is 5.75 Å². The minimum absolute atomic E-state index is 0.000412. The first-order chi connectivity index (χ1) is 29.9. The topological polar surface area (TPSA) is 158 Å². The Bertz CT molecular complexity index is 2360. The van der Waals surface area contributed by atoms with Crippen molar-refractivity contribution < 1.29 is 38.2 Å². The number of esters is 2. The summed E-state index contributed by atoms with van der Waals surface area (Å²) >= 11 is 8.85. The van der Waals surface area contributed by atoms with E-state index in [2.05, 4.69) is 15.8 Å². The minimum atomic E-state index is -1.05. The van der Waals surface area contributed by atoms with Gasteiger partial charge in [0, 0.05) is 17.0 Å². The second-order valence-corrected chi connectivity index (χ2v) is 17.4. The molecule has 2 amide bonds. The Morgan fingerprint density at radius 1 is 0.887 bits per heavy atom. The number of rotatable bonds is 16. The maximum Gasteiger partial charge on any atom is 0.355 e. The monoisotopic (exact) mass is 893 g/mol. The molecule has 13 nitrogen and oxygen atoms in total. The quantitative estimate of drug-likeness (QED) is 0.0257. The molecule has 2 N–H and O–H groups in total. The second kappa shape index (κ2) is 19.3. The number of nitrogens with one attached hydrogen (secondary N) is 2. The summed E-state index contributed by atoms with van der Waals surface area (Å²) in [4.78, 5) is 65.8. The number of benzene rings is 4. The van der Waals surface area contributed by atoms with Gasteiger partial charge in [0.15, 0.2) is 10.8 Å². The van der Waals surface area contributed by atoms with Crippen LogP contribution < -0.4 is 15.4 Å². The average molecular weight is 894 g/mol. The number of thioether (sulfide) groups is 1. The lowest BCUT2D eigenvalue weighted by Gasteiger charge is -2.49. The SMILES string of the molecule is COc1ccc(COC(=O)C2=C(CCl)CS[C@@H]3[C@H](NC(=O)/C(=N\OCC(=O)OC(C)(C)C)c4csc(NC(c5ccccc5)(c5ccccc5)c5ccccc5)n4)C(=O)N23)cc1. The number of halogens is 1. The van der Waals surface area contributed by atoms with Crippen LogP contribution in [0.1, 0.15) is 48.7 Å². The van der Waals surface area contributed by atoms with Crippen molar-refractivity contribution in [2.24, 2.45) is 5.16 Å². The number of anilines is 1. The zero-order valence-electron chi connectivity index (χ0n) is 34.3. The third-order valence-corrected chi connectivity index (χ3v) is 12.3. The van der Waals surface area contributed by atoms with E-state index in [0.29, 0.717) is 22.2 Å². The normalized spacial score (nSPS) is 16.4. The number of carbonyl (C=O) groups excluding carboxylic acids is 4. The molecule has 2 aliphatic heterocycles. The average Bonchev–Trinajstić information content (AvgIpc) is 3.75. The van der Waals surface area contributed by atoms with Crippen LogP contribution in [-0.4, -0.2) is 81.7 Å². The summed E-state index contributed by atoms with van der Waals surface area (Å²) in [5.41, 5.74) is 2.25. The van der Waals surface area contributed by atoms with Crippen LogP contribution in [0.4, 0.5) is 5.13 Å². The van der Waals surface area contributed by atoms with Gasteiger partial charge in [0.25, 0.3) is 11.8 Å². The molecule has 0 aliphatic carbocycles. The standard InChI is InChI=1S/C46H44ClN5O8S2/c1-45(2,3)60-36(53)26-59-51-37(35-28-62-44(48-35)50-46(31-14-8-5-9-15-31,32-16-10-6-11-17-32)33-18-12-7-13-19-33)40(54)49-38-41(55)52-39(30(24-47)27-61-42(38)52)43(56)58-25-29-20-22-34(57-4)23-21-29/h5-23,28,38,42H,24-27H2,1-4H3,(H,48,50)(H,49,54)/b51-37-/t38-,42-/m1/s1. The fourth-order valence-corrected chi connectivity index (χ4v) is 9.46. The molecule has 1 saturated heterocycles. The van der Waals surface area contributed by atoms with Gasteiger partial charge in [0.1, 0.15) is 46.3 Å². The summed E-state index contributed by atoms with van der Waals surface area (Å²) in [5.74, 6) is -1.76. The molecule has 0 spiro atoms. The van der Waals surface area contributed by atoms with Crippen molar-refractivity contribution in [2.45, 2.75) is 49.9 Å². The minimum Gasteiger partial charge on any atom is -0.497 e. The number of methoxy groups -OCH3 is 1. The molecule has 320 valence electrons. The predicted molar refractivity (Wildman–Crippen MR) is 239 cm³/mol. The fourth-order valence-electron chi connectivity index (χ4n) is 7.03. The highest BCUT2D eigenvalue weighted by Crippen LogP contribution is 2.42. The van der Waals surface area contributed by atoms with Gasteiger partial charge in [0.2, 0.25) is 6.61 Å². The second-order valence-electron chi connectivity index (χ2n) is 15.2. The van der Waals surface area contributed by atoms with Crippen LogP contribution in [0, 0.1) is 0 Å². The number of β-lactam (4-membered cyclic amide) rings is 1. The number of aromatic nitrogens is 1. The number of hydrogen-bond donors (Lipinski definition) is 2. The third kappa shape index (κ3) is 9.65. The lowest BCUT2D eigenvalue weighted by molar-refractivity contribution is -0.160. The fraction of sp³-hybridized carbons (Fsp3) is 0.261. The van der Waals surface area contributed by atoms with Crippen LogP contribution in [0.25, 0.3) is 0 Å². The molecule has 2 aliphatic rings. The van der Waals surface area contributed by atoms with Gasteiger partial charge in [-0.1, -0.05) is 108 Å². The summed E-state index contributed by atoms with van der Waals surface area (Å²) in [6.45, 7) is 4.52. The van der Waals surface area contributed by atoms with Crippen molar-refractivity contribution in [2.75, 3.05) is 30.7 Å². The van der Waals surface area contributed by atoms with Crippen LogP contribution in [0.3, 0.4) is 0 Å². The molecule has 5 aromatic rings. The van der Waals surface area contributed by atoms with E-state index < -0.39 is 52.9 Å². The number of alkyl halides is 1. The van der Waals surface area contributed by atoms with Crippen molar-refractivity contribution in [1.29, 1.82) is 0 Å². The molecule has 62 heavy (non-hydrogen) atoms. The number of oxime groups is 1. The maximum absolute atomic E-state index is 14.3. The van der Waals surface area contributed by atoms with Crippen LogP contribution in [0.2, 0.25) is 0 Å². The molecule has 4 aromatic carbocycles. The van der Waals surface area contributed by atoms with Gasteiger partial charge in [-0.25, -0.2) is 14.6 Å².